The minimum atomic E-state index is -0.413. The van der Waals surface area contributed by atoms with E-state index in [1.165, 1.54) is 0 Å². The SMILES string of the molecule is O=C(Nc1ccc2c(c1)OCO2)Nc1ccc2c(c1)C(=O)N1CCCC[C@@H]1CCO2. The molecular formula is C22H23N3O5. The van der Waals surface area contributed by atoms with E-state index < -0.39 is 6.03 Å². The minimum absolute atomic E-state index is 0.0331. The topological polar surface area (TPSA) is 89.1 Å². The summed E-state index contributed by atoms with van der Waals surface area (Å²) >= 11 is 0. The van der Waals surface area contributed by atoms with Crippen LogP contribution in [-0.4, -0.2) is 42.8 Å². The molecule has 1 fully saturated rings. The van der Waals surface area contributed by atoms with Crippen molar-refractivity contribution in [3.8, 4) is 17.2 Å². The predicted octanol–water partition coefficient (Wildman–Crippen LogP) is 3.84. The van der Waals surface area contributed by atoms with Crippen molar-refractivity contribution in [1.29, 1.82) is 0 Å². The molecule has 3 aliphatic rings. The van der Waals surface area contributed by atoms with Gasteiger partial charge in [0.1, 0.15) is 5.75 Å². The number of amides is 3. The molecule has 0 spiro atoms. The Labute approximate surface area is 174 Å². The molecule has 0 unspecified atom stereocenters. The smallest absolute Gasteiger partial charge is 0.323 e. The van der Waals surface area contributed by atoms with Crippen molar-refractivity contribution in [2.45, 2.75) is 31.7 Å². The zero-order valence-corrected chi connectivity index (χ0v) is 16.5. The van der Waals surface area contributed by atoms with Crippen LogP contribution in [0.1, 0.15) is 36.0 Å². The van der Waals surface area contributed by atoms with Crippen LogP contribution in [0.5, 0.6) is 17.2 Å². The van der Waals surface area contributed by atoms with Crippen molar-refractivity contribution in [3.63, 3.8) is 0 Å². The maximum absolute atomic E-state index is 13.2. The summed E-state index contributed by atoms with van der Waals surface area (Å²) < 4.78 is 16.4. The number of hydrogen-bond acceptors (Lipinski definition) is 5. The number of anilines is 2. The lowest BCUT2D eigenvalue weighted by molar-refractivity contribution is 0.0548. The van der Waals surface area contributed by atoms with Gasteiger partial charge >= 0.3 is 6.03 Å². The van der Waals surface area contributed by atoms with Crippen LogP contribution in [0.4, 0.5) is 16.2 Å². The van der Waals surface area contributed by atoms with Gasteiger partial charge in [0, 0.05) is 36.4 Å². The number of benzene rings is 2. The van der Waals surface area contributed by atoms with E-state index in [0.29, 0.717) is 40.8 Å². The van der Waals surface area contributed by atoms with Gasteiger partial charge in [-0.05, 0) is 49.6 Å². The Morgan fingerprint density at radius 2 is 1.67 bits per heavy atom. The zero-order valence-electron chi connectivity index (χ0n) is 16.5. The third-order valence-corrected chi connectivity index (χ3v) is 5.69. The summed E-state index contributed by atoms with van der Waals surface area (Å²) in [5.74, 6) is 1.77. The molecule has 156 valence electrons. The first kappa shape index (κ1) is 18.6. The number of ether oxygens (including phenoxy) is 3. The molecule has 0 saturated carbocycles. The van der Waals surface area contributed by atoms with E-state index in [0.717, 1.165) is 32.2 Å². The van der Waals surface area contributed by atoms with Crippen molar-refractivity contribution in [2.75, 3.05) is 30.6 Å². The molecule has 1 saturated heterocycles. The molecule has 2 N–H and O–H groups in total. The van der Waals surface area contributed by atoms with Crippen LogP contribution < -0.4 is 24.8 Å². The third kappa shape index (κ3) is 3.60. The van der Waals surface area contributed by atoms with Gasteiger partial charge in [0.15, 0.2) is 11.5 Å². The van der Waals surface area contributed by atoms with Gasteiger partial charge in [0.25, 0.3) is 5.91 Å². The summed E-state index contributed by atoms with van der Waals surface area (Å²) in [7, 11) is 0. The second kappa shape index (κ2) is 7.78. The Balaban J connectivity index is 1.32. The third-order valence-electron chi connectivity index (χ3n) is 5.69. The van der Waals surface area contributed by atoms with Gasteiger partial charge in [-0.2, -0.15) is 0 Å². The summed E-state index contributed by atoms with van der Waals surface area (Å²) in [5.41, 5.74) is 1.60. The highest BCUT2D eigenvalue weighted by Crippen LogP contribution is 2.34. The first-order valence-corrected chi connectivity index (χ1v) is 10.2. The van der Waals surface area contributed by atoms with E-state index in [1.54, 1.807) is 36.4 Å². The van der Waals surface area contributed by atoms with Gasteiger partial charge in [-0.15, -0.1) is 0 Å². The van der Waals surface area contributed by atoms with E-state index in [9.17, 15) is 9.59 Å². The molecule has 0 aromatic heterocycles. The molecule has 0 bridgehead atoms. The van der Waals surface area contributed by atoms with Gasteiger partial charge in [0.2, 0.25) is 6.79 Å². The highest BCUT2D eigenvalue weighted by Gasteiger charge is 2.31. The van der Waals surface area contributed by atoms with Crippen molar-refractivity contribution in [1.82, 2.24) is 4.90 Å². The second-order valence-electron chi connectivity index (χ2n) is 7.64. The molecule has 8 nitrogen and oxygen atoms in total. The lowest BCUT2D eigenvalue weighted by atomic mass is 9.97. The summed E-state index contributed by atoms with van der Waals surface area (Å²) in [6, 6.07) is 10.2. The lowest BCUT2D eigenvalue weighted by Crippen LogP contribution is -2.45. The average molecular weight is 409 g/mol. The predicted molar refractivity (Wildman–Crippen MR) is 110 cm³/mol. The van der Waals surface area contributed by atoms with Crippen molar-refractivity contribution in [2.24, 2.45) is 0 Å². The fraction of sp³-hybridized carbons (Fsp3) is 0.364. The highest BCUT2D eigenvalue weighted by atomic mass is 16.7. The van der Waals surface area contributed by atoms with Crippen molar-refractivity contribution in [3.05, 3.63) is 42.0 Å². The Kier molecular flexibility index (Phi) is 4.82. The first-order valence-electron chi connectivity index (χ1n) is 10.2. The quantitative estimate of drug-likeness (QED) is 0.787. The molecule has 5 rings (SSSR count). The van der Waals surface area contributed by atoms with E-state index in [1.807, 2.05) is 4.90 Å². The fourth-order valence-corrected chi connectivity index (χ4v) is 4.20. The van der Waals surface area contributed by atoms with Crippen LogP contribution >= 0.6 is 0 Å². The first-order chi connectivity index (χ1) is 14.7. The van der Waals surface area contributed by atoms with Gasteiger partial charge in [-0.3, -0.25) is 4.79 Å². The van der Waals surface area contributed by atoms with Crippen LogP contribution in [-0.2, 0) is 0 Å². The monoisotopic (exact) mass is 409 g/mol. The Morgan fingerprint density at radius 3 is 2.53 bits per heavy atom. The molecule has 3 amide bonds. The molecule has 0 aliphatic carbocycles. The van der Waals surface area contributed by atoms with E-state index >= 15 is 0 Å². The van der Waals surface area contributed by atoms with E-state index in [2.05, 4.69) is 10.6 Å². The van der Waals surface area contributed by atoms with Gasteiger partial charge in [-0.1, -0.05) is 0 Å². The lowest BCUT2D eigenvalue weighted by Gasteiger charge is -2.37. The van der Waals surface area contributed by atoms with Gasteiger partial charge < -0.3 is 29.7 Å². The largest absolute Gasteiger partial charge is 0.493 e. The number of nitrogens with zero attached hydrogens (tertiary/aromatic N) is 1. The normalized spacial score (nSPS) is 19.7. The number of fused-ring (bicyclic) bond motifs is 3. The molecular weight excluding hydrogens is 386 g/mol. The number of urea groups is 1. The summed E-state index contributed by atoms with van der Waals surface area (Å²) in [6.45, 7) is 1.53. The molecule has 8 heteroatoms. The molecule has 1 atom stereocenters. The Bertz CT molecular complexity index is 993. The van der Waals surface area contributed by atoms with Crippen LogP contribution in [0.3, 0.4) is 0 Å². The number of nitrogens with one attached hydrogen (secondary N) is 2. The number of carbonyl (C=O) groups excluding carboxylic acids is 2. The van der Waals surface area contributed by atoms with Crippen LogP contribution in [0.25, 0.3) is 0 Å². The molecule has 3 heterocycles. The highest BCUT2D eigenvalue weighted by molar-refractivity contribution is 6.02. The molecule has 0 radical (unpaired) electrons. The molecule has 2 aromatic rings. The van der Waals surface area contributed by atoms with Crippen LogP contribution in [0.15, 0.2) is 36.4 Å². The van der Waals surface area contributed by atoms with Gasteiger partial charge in [-0.25, -0.2) is 4.79 Å². The number of hydrogen-bond donors (Lipinski definition) is 2. The maximum atomic E-state index is 13.2. The van der Waals surface area contributed by atoms with Crippen LogP contribution in [0.2, 0.25) is 0 Å². The minimum Gasteiger partial charge on any atom is -0.493 e. The number of piperidine rings is 1. The Hall–Kier alpha value is -3.42. The summed E-state index contributed by atoms with van der Waals surface area (Å²) in [4.78, 5) is 27.6. The molecule has 2 aromatic carbocycles. The van der Waals surface area contributed by atoms with Crippen molar-refractivity contribution < 1.29 is 23.8 Å². The summed E-state index contributed by atoms with van der Waals surface area (Å²) in [5, 5.41) is 5.56. The van der Waals surface area contributed by atoms with E-state index in [4.69, 9.17) is 14.2 Å². The average Bonchev–Trinajstić information content (AvgIpc) is 3.21. The van der Waals surface area contributed by atoms with Gasteiger partial charge in [0.05, 0.1) is 12.2 Å². The van der Waals surface area contributed by atoms with E-state index in [-0.39, 0.29) is 18.7 Å². The number of carbonyl (C=O) groups is 2. The number of rotatable bonds is 2. The molecule has 3 aliphatic heterocycles. The fourth-order valence-electron chi connectivity index (χ4n) is 4.20. The standard InChI is InChI=1S/C22H23N3O5/c26-21-17-11-14(4-6-18(17)28-10-8-16-3-1-2-9-25(16)21)23-22(27)24-15-5-7-19-20(12-15)30-13-29-19/h4-7,11-12,16H,1-3,8-10,13H2,(H2,23,24,27)/t16-/m1/s1. The van der Waals surface area contributed by atoms with Crippen LogP contribution in [0, 0.1) is 0 Å². The maximum Gasteiger partial charge on any atom is 0.323 e. The summed E-state index contributed by atoms with van der Waals surface area (Å²) in [6.07, 6.45) is 4.03. The second-order valence-corrected chi connectivity index (χ2v) is 7.64. The Morgan fingerprint density at radius 1 is 0.900 bits per heavy atom. The molecule has 30 heavy (non-hydrogen) atoms. The van der Waals surface area contributed by atoms with Crippen molar-refractivity contribution >= 4 is 23.3 Å². The zero-order chi connectivity index (χ0) is 20.5.